The number of nitrogens with zero attached hydrogens (tertiary/aromatic N) is 3. The zero-order chi connectivity index (χ0) is 14.9. The Kier molecular flexibility index (Phi) is 6.99. The van der Waals surface area contributed by atoms with Gasteiger partial charge >= 0.3 is 0 Å². The van der Waals surface area contributed by atoms with Gasteiger partial charge in [0.2, 0.25) is 5.95 Å². The Morgan fingerprint density at radius 3 is 2.81 bits per heavy atom. The highest BCUT2D eigenvalue weighted by atomic mass is 16.5. The van der Waals surface area contributed by atoms with Crippen LogP contribution in [0.25, 0.3) is 0 Å². The zero-order valence-electron chi connectivity index (χ0n) is 13.0. The Bertz CT molecular complexity index is 389. The molecule has 0 unspecified atom stereocenters. The number of nitrogens with two attached hydrogens (primary N) is 1. The van der Waals surface area contributed by atoms with Gasteiger partial charge in [0.05, 0.1) is 6.10 Å². The average Bonchev–Trinajstić information content (AvgIpc) is 2.97. The number of ether oxygens (including phenoxy) is 2. The van der Waals surface area contributed by atoms with Crippen LogP contribution < -0.4 is 10.6 Å². The van der Waals surface area contributed by atoms with Crippen LogP contribution in [0.5, 0.6) is 0 Å². The quantitative estimate of drug-likeness (QED) is 0.695. The van der Waals surface area contributed by atoms with Crippen molar-refractivity contribution in [2.24, 2.45) is 5.73 Å². The highest BCUT2D eigenvalue weighted by Crippen LogP contribution is 2.20. The molecule has 6 nitrogen and oxygen atoms in total. The van der Waals surface area contributed by atoms with Crippen molar-refractivity contribution in [3.63, 3.8) is 0 Å². The lowest BCUT2D eigenvalue weighted by atomic mass is 10.1. The molecule has 0 atom stereocenters. The molecule has 0 spiro atoms. The summed E-state index contributed by atoms with van der Waals surface area (Å²) < 4.78 is 13.2. The summed E-state index contributed by atoms with van der Waals surface area (Å²) in [7, 11) is 1.74. The van der Waals surface area contributed by atoms with Crippen molar-refractivity contribution < 1.29 is 9.47 Å². The highest BCUT2D eigenvalue weighted by Gasteiger charge is 2.22. The summed E-state index contributed by atoms with van der Waals surface area (Å²) in [6.45, 7) is 5.25. The molecule has 120 valence electrons. The van der Waals surface area contributed by atoms with Gasteiger partial charge in [0, 0.05) is 52.4 Å². The maximum Gasteiger partial charge on any atom is 0.205 e. The van der Waals surface area contributed by atoms with E-state index in [1.54, 1.807) is 7.11 Å². The molecule has 1 aromatic heterocycles. The first-order chi connectivity index (χ1) is 10.3. The third kappa shape index (κ3) is 4.98. The molecule has 0 amide bonds. The lowest BCUT2D eigenvalue weighted by Gasteiger charge is -2.33. The van der Waals surface area contributed by atoms with Gasteiger partial charge in [0.15, 0.2) is 0 Å². The van der Waals surface area contributed by atoms with E-state index in [-0.39, 0.29) is 0 Å². The molecule has 1 aliphatic rings. The standard InChI is InChI=1S/C15H28N4O2/c1-20-12-3-8-18-11-7-17-15(18)19-9-4-14(5-10-19)21-13-2-6-16/h7,11,14H,2-6,8-10,12-13,16H2,1H3. The van der Waals surface area contributed by atoms with Crippen molar-refractivity contribution in [2.75, 3.05) is 44.9 Å². The minimum Gasteiger partial charge on any atom is -0.385 e. The number of anilines is 1. The topological polar surface area (TPSA) is 65.5 Å². The molecular formula is C15H28N4O2. The summed E-state index contributed by atoms with van der Waals surface area (Å²) >= 11 is 0. The molecule has 21 heavy (non-hydrogen) atoms. The zero-order valence-corrected chi connectivity index (χ0v) is 13.0. The van der Waals surface area contributed by atoms with Crippen LogP contribution in [0, 0.1) is 0 Å². The molecule has 6 heteroatoms. The van der Waals surface area contributed by atoms with Crippen LogP contribution in [0.15, 0.2) is 12.4 Å². The summed E-state index contributed by atoms with van der Waals surface area (Å²) in [6.07, 6.45) is 8.40. The molecule has 0 aliphatic carbocycles. The average molecular weight is 296 g/mol. The molecule has 1 saturated heterocycles. The fourth-order valence-corrected chi connectivity index (χ4v) is 2.69. The number of rotatable bonds is 9. The van der Waals surface area contributed by atoms with Gasteiger partial charge in [-0.05, 0) is 32.2 Å². The first kappa shape index (κ1) is 16.3. The summed E-state index contributed by atoms with van der Waals surface area (Å²) in [4.78, 5) is 6.87. The molecule has 0 radical (unpaired) electrons. The van der Waals surface area contributed by atoms with Crippen LogP contribution in [-0.2, 0) is 16.0 Å². The smallest absolute Gasteiger partial charge is 0.205 e. The van der Waals surface area contributed by atoms with Crippen molar-refractivity contribution in [1.82, 2.24) is 9.55 Å². The molecule has 1 fully saturated rings. The normalized spacial score (nSPS) is 16.6. The summed E-state index contributed by atoms with van der Waals surface area (Å²) in [5, 5.41) is 0. The largest absolute Gasteiger partial charge is 0.385 e. The Labute approximate surface area is 127 Å². The van der Waals surface area contributed by atoms with Crippen molar-refractivity contribution in [3.05, 3.63) is 12.4 Å². The van der Waals surface area contributed by atoms with Crippen LogP contribution in [0.1, 0.15) is 25.7 Å². The molecule has 1 aliphatic heterocycles. The van der Waals surface area contributed by atoms with E-state index >= 15 is 0 Å². The lowest BCUT2D eigenvalue weighted by molar-refractivity contribution is 0.0364. The lowest BCUT2D eigenvalue weighted by Crippen LogP contribution is -2.38. The Hall–Kier alpha value is -1.11. The molecule has 0 saturated carbocycles. The second kappa shape index (κ2) is 9.02. The highest BCUT2D eigenvalue weighted by molar-refractivity contribution is 5.31. The number of methoxy groups -OCH3 is 1. The van der Waals surface area contributed by atoms with E-state index in [2.05, 4.69) is 20.6 Å². The number of aromatic nitrogens is 2. The molecule has 2 heterocycles. The summed E-state index contributed by atoms with van der Waals surface area (Å²) in [5.41, 5.74) is 5.49. The van der Waals surface area contributed by atoms with E-state index < -0.39 is 0 Å². The first-order valence-electron chi connectivity index (χ1n) is 7.92. The van der Waals surface area contributed by atoms with E-state index in [0.29, 0.717) is 12.6 Å². The van der Waals surface area contributed by atoms with Crippen molar-refractivity contribution in [1.29, 1.82) is 0 Å². The fraction of sp³-hybridized carbons (Fsp3) is 0.800. The van der Waals surface area contributed by atoms with Gasteiger partial charge < -0.3 is 24.7 Å². The van der Waals surface area contributed by atoms with E-state index in [0.717, 1.165) is 64.5 Å². The van der Waals surface area contributed by atoms with Crippen molar-refractivity contribution in [3.8, 4) is 0 Å². The van der Waals surface area contributed by atoms with Crippen LogP contribution in [0.3, 0.4) is 0 Å². The molecule has 0 bridgehead atoms. The second-order valence-electron chi connectivity index (χ2n) is 5.47. The minimum atomic E-state index is 0.379. The van der Waals surface area contributed by atoms with E-state index in [9.17, 15) is 0 Å². The van der Waals surface area contributed by atoms with Crippen LogP contribution in [0.2, 0.25) is 0 Å². The fourth-order valence-electron chi connectivity index (χ4n) is 2.69. The third-order valence-corrected chi connectivity index (χ3v) is 3.87. The van der Waals surface area contributed by atoms with Gasteiger partial charge in [-0.1, -0.05) is 0 Å². The van der Waals surface area contributed by atoms with Gasteiger partial charge in [-0.15, -0.1) is 0 Å². The van der Waals surface area contributed by atoms with Gasteiger partial charge in [-0.3, -0.25) is 0 Å². The third-order valence-electron chi connectivity index (χ3n) is 3.87. The van der Waals surface area contributed by atoms with Gasteiger partial charge in [-0.25, -0.2) is 4.98 Å². The van der Waals surface area contributed by atoms with Gasteiger partial charge in [0.1, 0.15) is 0 Å². The molecule has 0 aromatic carbocycles. The summed E-state index contributed by atoms with van der Waals surface area (Å²) in [5.74, 6) is 1.08. The molecule has 2 rings (SSSR count). The van der Waals surface area contributed by atoms with Crippen LogP contribution in [0.4, 0.5) is 5.95 Å². The predicted octanol–water partition coefficient (Wildman–Crippen LogP) is 1.25. The molecule has 1 aromatic rings. The maximum atomic E-state index is 5.85. The first-order valence-corrected chi connectivity index (χ1v) is 7.92. The number of hydrogen-bond acceptors (Lipinski definition) is 5. The number of aryl methyl sites for hydroxylation is 1. The number of piperidine rings is 1. The monoisotopic (exact) mass is 296 g/mol. The Morgan fingerprint density at radius 1 is 1.29 bits per heavy atom. The van der Waals surface area contributed by atoms with Gasteiger partial charge in [0.25, 0.3) is 0 Å². The van der Waals surface area contributed by atoms with Gasteiger partial charge in [-0.2, -0.15) is 0 Å². The van der Waals surface area contributed by atoms with E-state index in [4.69, 9.17) is 15.2 Å². The molecule has 2 N–H and O–H groups in total. The molecular weight excluding hydrogens is 268 g/mol. The predicted molar refractivity (Wildman–Crippen MR) is 83.6 cm³/mol. The number of imidazole rings is 1. The van der Waals surface area contributed by atoms with Crippen LogP contribution in [-0.4, -0.2) is 55.6 Å². The maximum absolute atomic E-state index is 5.85. The van der Waals surface area contributed by atoms with Crippen molar-refractivity contribution in [2.45, 2.75) is 38.3 Å². The van der Waals surface area contributed by atoms with E-state index in [1.165, 1.54) is 0 Å². The Balaban J connectivity index is 1.78. The van der Waals surface area contributed by atoms with E-state index in [1.807, 2.05) is 6.20 Å². The SMILES string of the molecule is COCCCn1ccnc1N1CCC(OCCCN)CC1. The van der Waals surface area contributed by atoms with Crippen LogP contribution >= 0.6 is 0 Å². The second-order valence-corrected chi connectivity index (χ2v) is 5.47. The van der Waals surface area contributed by atoms with Crippen molar-refractivity contribution >= 4 is 5.95 Å². The Morgan fingerprint density at radius 2 is 2.10 bits per heavy atom. The minimum absolute atomic E-state index is 0.379. The summed E-state index contributed by atoms with van der Waals surface area (Å²) in [6, 6.07) is 0. The number of hydrogen-bond donors (Lipinski definition) is 1.